The Morgan fingerprint density at radius 3 is 2.82 bits per heavy atom. The summed E-state index contributed by atoms with van der Waals surface area (Å²) < 4.78 is 10.7. The van der Waals surface area contributed by atoms with Crippen LogP contribution in [-0.4, -0.2) is 58.3 Å². The Morgan fingerprint density at radius 1 is 1.43 bits per heavy atom. The second-order valence-corrected chi connectivity index (χ2v) is 7.36. The molecule has 152 valence electrons. The number of nitrogens with zero attached hydrogens (tertiary/aromatic N) is 3. The van der Waals surface area contributed by atoms with Crippen LogP contribution in [0.2, 0.25) is 0 Å². The van der Waals surface area contributed by atoms with Gasteiger partial charge in [-0.05, 0) is 39.2 Å². The Bertz CT molecular complexity index is 859. The summed E-state index contributed by atoms with van der Waals surface area (Å²) in [6.07, 6.45) is 2.74. The van der Waals surface area contributed by atoms with Gasteiger partial charge in [0.1, 0.15) is 0 Å². The van der Waals surface area contributed by atoms with E-state index in [0.29, 0.717) is 54.5 Å². The van der Waals surface area contributed by atoms with Crippen LogP contribution in [0.1, 0.15) is 60.8 Å². The molecule has 2 aromatic heterocycles. The number of amides is 1. The van der Waals surface area contributed by atoms with Crippen molar-refractivity contribution in [2.75, 3.05) is 26.3 Å². The summed E-state index contributed by atoms with van der Waals surface area (Å²) in [6.45, 7) is 6.98. The topological polar surface area (TPSA) is 106 Å². The van der Waals surface area contributed by atoms with E-state index in [4.69, 9.17) is 9.26 Å². The third-order valence-electron chi connectivity index (χ3n) is 4.99. The Hall–Kier alpha value is -2.48. The number of aliphatic carboxylic acids is 1. The molecule has 0 spiro atoms. The van der Waals surface area contributed by atoms with Crippen molar-refractivity contribution in [3.63, 3.8) is 0 Å². The van der Waals surface area contributed by atoms with Crippen LogP contribution in [0, 0.1) is 12.8 Å². The van der Waals surface area contributed by atoms with E-state index in [1.54, 1.807) is 18.7 Å². The number of carbonyl (C=O) groups is 2. The van der Waals surface area contributed by atoms with Gasteiger partial charge in [0.2, 0.25) is 0 Å². The molecule has 1 fully saturated rings. The van der Waals surface area contributed by atoms with Crippen LogP contribution in [0.25, 0.3) is 11.1 Å². The second kappa shape index (κ2) is 8.68. The molecule has 0 bridgehead atoms. The minimum Gasteiger partial charge on any atom is -0.481 e. The molecule has 0 aliphatic heterocycles. The lowest BCUT2D eigenvalue weighted by molar-refractivity contribution is -0.141. The van der Waals surface area contributed by atoms with Crippen LogP contribution in [0.5, 0.6) is 0 Å². The quantitative estimate of drug-likeness (QED) is 0.623. The van der Waals surface area contributed by atoms with Gasteiger partial charge in [-0.1, -0.05) is 12.1 Å². The number of hydrogen-bond acceptors (Lipinski definition) is 6. The number of aryl methyl sites for hydroxylation is 1. The third-order valence-corrected chi connectivity index (χ3v) is 4.99. The fraction of sp³-hybridized carbons (Fsp3) is 0.600. The zero-order chi connectivity index (χ0) is 20.3. The predicted molar refractivity (Wildman–Crippen MR) is 102 cm³/mol. The maximum Gasteiger partial charge on any atom is 0.308 e. The van der Waals surface area contributed by atoms with Gasteiger partial charge in [-0.15, -0.1) is 0 Å². The number of carboxylic acids is 1. The summed E-state index contributed by atoms with van der Waals surface area (Å²) >= 11 is 0. The van der Waals surface area contributed by atoms with Gasteiger partial charge >= 0.3 is 5.97 Å². The first-order valence-corrected chi connectivity index (χ1v) is 9.79. The first-order valence-electron chi connectivity index (χ1n) is 9.79. The largest absolute Gasteiger partial charge is 0.481 e. The molecule has 2 heterocycles. The minimum absolute atomic E-state index is 0.132. The molecule has 0 aromatic carbocycles. The molecular formula is C20H27N3O5. The van der Waals surface area contributed by atoms with Crippen LogP contribution in [0.3, 0.4) is 0 Å². The van der Waals surface area contributed by atoms with Crippen LogP contribution < -0.4 is 0 Å². The molecule has 1 amide bonds. The van der Waals surface area contributed by atoms with Gasteiger partial charge in [-0.3, -0.25) is 9.59 Å². The van der Waals surface area contributed by atoms with Crippen molar-refractivity contribution >= 4 is 23.0 Å². The molecule has 1 N–H and O–H groups in total. The number of rotatable bonds is 10. The number of hydrogen-bond donors (Lipinski definition) is 1. The van der Waals surface area contributed by atoms with E-state index >= 15 is 0 Å². The number of carboxylic acid groups (broad SMARTS) is 1. The zero-order valence-corrected chi connectivity index (χ0v) is 16.6. The van der Waals surface area contributed by atoms with E-state index in [2.05, 4.69) is 10.1 Å². The van der Waals surface area contributed by atoms with E-state index < -0.39 is 11.9 Å². The molecule has 1 unspecified atom stereocenters. The van der Waals surface area contributed by atoms with Crippen molar-refractivity contribution < 1.29 is 24.0 Å². The third kappa shape index (κ3) is 4.49. The van der Waals surface area contributed by atoms with E-state index in [0.717, 1.165) is 18.5 Å². The lowest BCUT2D eigenvalue weighted by Crippen LogP contribution is -2.38. The maximum absolute atomic E-state index is 13.4. The summed E-state index contributed by atoms with van der Waals surface area (Å²) in [4.78, 5) is 30.9. The first-order chi connectivity index (χ1) is 13.4. The van der Waals surface area contributed by atoms with Crippen LogP contribution in [0.15, 0.2) is 10.6 Å². The average Bonchev–Trinajstić information content (AvgIpc) is 3.46. The molecule has 2 aromatic rings. The molecular weight excluding hydrogens is 362 g/mol. The van der Waals surface area contributed by atoms with Gasteiger partial charge in [0, 0.05) is 37.9 Å². The highest BCUT2D eigenvalue weighted by Crippen LogP contribution is 2.40. The normalized spacial score (nSPS) is 15.0. The van der Waals surface area contributed by atoms with Gasteiger partial charge in [-0.2, -0.15) is 0 Å². The highest BCUT2D eigenvalue weighted by atomic mass is 16.5. The van der Waals surface area contributed by atoms with Crippen molar-refractivity contribution in [1.29, 1.82) is 0 Å². The molecule has 1 aliphatic carbocycles. The fourth-order valence-electron chi connectivity index (χ4n) is 3.23. The van der Waals surface area contributed by atoms with Gasteiger partial charge < -0.3 is 19.3 Å². The van der Waals surface area contributed by atoms with Crippen molar-refractivity contribution in [3.8, 4) is 0 Å². The van der Waals surface area contributed by atoms with Crippen molar-refractivity contribution in [2.45, 2.75) is 46.0 Å². The van der Waals surface area contributed by atoms with Crippen LogP contribution in [-0.2, 0) is 9.53 Å². The molecule has 8 nitrogen and oxygen atoms in total. The molecule has 8 heteroatoms. The van der Waals surface area contributed by atoms with E-state index in [1.807, 2.05) is 13.0 Å². The summed E-state index contributed by atoms with van der Waals surface area (Å²) in [5.41, 5.74) is 2.30. The maximum atomic E-state index is 13.4. The molecule has 1 aliphatic rings. The van der Waals surface area contributed by atoms with Gasteiger partial charge in [0.05, 0.1) is 22.6 Å². The number of fused-ring (bicyclic) bond motifs is 1. The number of ether oxygens (including phenoxy) is 1. The van der Waals surface area contributed by atoms with E-state index in [9.17, 15) is 14.7 Å². The number of pyridine rings is 1. The number of carbonyl (C=O) groups excluding carboxylic acids is 1. The van der Waals surface area contributed by atoms with Gasteiger partial charge in [0.15, 0.2) is 0 Å². The summed E-state index contributed by atoms with van der Waals surface area (Å²) in [5.74, 6) is -1.46. The molecule has 0 saturated heterocycles. The highest BCUT2D eigenvalue weighted by Gasteiger charge is 2.30. The molecule has 1 saturated carbocycles. The summed E-state index contributed by atoms with van der Waals surface area (Å²) in [5, 5.41) is 13.9. The first kappa shape index (κ1) is 20.3. The van der Waals surface area contributed by atoms with Crippen molar-refractivity contribution in [2.24, 2.45) is 5.92 Å². The van der Waals surface area contributed by atoms with E-state index in [1.165, 1.54) is 0 Å². The van der Waals surface area contributed by atoms with E-state index in [-0.39, 0.29) is 12.5 Å². The Balaban J connectivity index is 1.91. The van der Waals surface area contributed by atoms with Crippen LogP contribution >= 0.6 is 0 Å². The van der Waals surface area contributed by atoms with Gasteiger partial charge in [0.25, 0.3) is 11.6 Å². The average molecular weight is 389 g/mol. The monoisotopic (exact) mass is 389 g/mol. The van der Waals surface area contributed by atoms with Crippen LogP contribution in [0.4, 0.5) is 0 Å². The molecule has 0 radical (unpaired) electrons. The van der Waals surface area contributed by atoms with Crippen molar-refractivity contribution in [1.82, 2.24) is 15.0 Å². The highest BCUT2D eigenvalue weighted by molar-refractivity contribution is 6.06. The molecule has 1 atom stereocenters. The number of aromatic nitrogens is 2. The standard InChI is InChI=1S/C20H27N3O5/c1-4-27-9-5-8-23(11-12(2)20(25)26)19(24)15-10-16(14-6-7-14)21-18-17(15)13(3)22-28-18/h10,12,14H,4-9,11H2,1-3H3,(H,25,26). The fourth-order valence-corrected chi connectivity index (χ4v) is 3.23. The predicted octanol–water partition coefficient (Wildman–Crippen LogP) is 3.00. The Labute approximate surface area is 163 Å². The Morgan fingerprint density at radius 2 is 2.18 bits per heavy atom. The van der Waals surface area contributed by atoms with Gasteiger partial charge in [-0.25, -0.2) is 4.98 Å². The summed E-state index contributed by atoms with van der Waals surface area (Å²) in [7, 11) is 0. The molecule has 28 heavy (non-hydrogen) atoms. The zero-order valence-electron chi connectivity index (χ0n) is 16.6. The minimum atomic E-state index is -0.928. The smallest absolute Gasteiger partial charge is 0.308 e. The SMILES string of the molecule is CCOCCCN(CC(C)C(=O)O)C(=O)c1cc(C2CC2)nc2onc(C)c12. The second-order valence-electron chi connectivity index (χ2n) is 7.36. The van der Waals surface area contributed by atoms with Crippen molar-refractivity contribution in [3.05, 3.63) is 23.0 Å². The Kier molecular flexibility index (Phi) is 6.28. The molecule has 3 rings (SSSR count). The lowest BCUT2D eigenvalue weighted by atomic mass is 10.1. The summed E-state index contributed by atoms with van der Waals surface area (Å²) in [6, 6.07) is 1.83. The lowest BCUT2D eigenvalue weighted by Gasteiger charge is -2.25.